The minimum atomic E-state index is -2.73. The number of hydrogen-bond donors (Lipinski definition) is 4. The molecule has 3 saturated carbocycles. The van der Waals surface area contributed by atoms with Gasteiger partial charge in [-0.15, -0.1) is 0 Å². The van der Waals surface area contributed by atoms with Gasteiger partial charge in [0.05, 0.1) is 22.0 Å². The summed E-state index contributed by atoms with van der Waals surface area (Å²) in [7, 11) is -2.73. The lowest BCUT2D eigenvalue weighted by molar-refractivity contribution is -0.166. The topological polar surface area (TPSA) is 153 Å². The number of rotatable bonds is 13. The molecule has 3 aliphatic carbocycles. The maximum absolute atomic E-state index is 13.9. The van der Waals surface area contributed by atoms with Crippen molar-refractivity contribution in [2.24, 2.45) is 0 Å². The summed E-state index contributed by atoms with van der Waals surface area (Å²) in [6, 6.07) is 13.9. The zero-order chi connectivity index (χ0) is 34.5. The van der Waals surface area contributed by atoms with Gasteiger partial charge in [0, 0.05) is 29.7 Å². The molecule has 4 N–H and O–H groups in total. The maximum Gasteiger partial charge on any atom is 0.391 e. The van der Waals surface area contributed by atoms with Crippen LogP contribution in [-0.4, -0.2) is 58.0 Å². The Bertz CT molecular complexity index is 1670. The summed E-state index contributed by atoms with van der Waals surface area (Å²) in [5.41, 5.74) is -1.46. The predicted molar refractivity (Wildman–Crippen MR) is 171 cm³/mol. The highest BCUT2D eigenvalue weighted by molar-refractivity contribution is 7.39. The first-order valence-corrected chi connectivity index (χ1v) is 16.7. The van der Waals surface area contributed by atoms with E-state index in [1.165, 1.54) is 30.3 Å². The van der Waals surface area contributed by atoms with Gasteiger partial charge in [-0.05, 0) is 56.0 Å². The van der Waals surface area contributed by atoms with E-state index in [2.05, 4.69) is 10.6 Å². The Morgan fingerprint density at radius 1 is 0.833 bits per heavy atom. The van der Waals surface area contributed by atoms with Crippen LogP contribution in [0.4, 0.5) is 8.78 Å². The molecule has 3 aliphatic rings. The monoisotopic (exact) mass is 726 g/mol. The van der Waals surface area contributed by atoms with E-state index in [1.54, 1.807) is 18.2 Å². The average molecular weight is 727 g/mol. The summed E-state index contributed by atoms with van der Waals surface area (Å²) in [6.45, 7) is -0.864. The molecule has 2 bridgehead atoms. The Balaban J connectivity index is 1.28. The van der Waals surface area contributed by atoms with Crippen LogP contribution in [0.2, 0.25) is 10.0 Å². The van der Waals surface area contributed by atoms with Crippen LogP contribution in [0.5, 0.6) is 17.2 Å². The van der Waals surface area contributed by atoms with Gasteiger partial charge >= 0.3 is 14.6 Å². The number of amides is 2. The molecule has 256 valence electrons. The fourth-order valence-corrected chi connectivity index (χ4v) is 6.64. The molecule has 1 atom stereocenters. The Labute approximate surface area is 285 Å². The number of esters is 1. The van der Waals surface area contributed by atoms with E-state index < -0.39 is 68.4 Å². The minimum absolute atomic E-state index is 0.0837. The largest absolute Gasteiger partial charge is 0.484 e. The second-order valence-electron chi connectivity index (χ2n) is 11.6. The van der Waals surface area contributed by atoms with Gasteiger partial charge in [-0.3, -0.25) is 14.4 Å². The molecule has 3 aromatic rings. The number of para-hydroxylation sites is 1. The predicted octanol–water partition coefficient (Wildman–Crippen LogP) is 5.16. The Hall–Kier alpha value is -3.74. The summed E-state index contributed by atoms with van der Waals surface area (Å²) in [4.78, 5) is 58.1. The average Bonchev–Trinajstić information content (AvgIpc) is 3.04. The van der Waals surface area contributed by atoms with Gasteiger partial charge in [-0.1, -0.05) is 41.4 Å². The van der Waals surface area contributed by atoms with Crippen LogP contribution in [0.15, 0.2) is 60.7 Å². The van der Waals surface area contributed by atoms with Gasteiger partial charge in [0.1, 0.15) is 35.0 Å². The lowest BCUT2D eigenvalue weighted by Gasteiger charge is -2.57. The molecule has 3 fully saturated rings. The second-order valence-corrected chi connectivity index (χ2v) is 13.1. The third-order valence-corrected chi connectivity index (χ3v) is 9.34. The number of ether oxygens (including phenoxy) is 3. The quantitative estimate of drug-likeness (QED) is 0.138. The molecule has 0 heterocycles. The maximum atomic E-state index is 13.9. The summed E-state index contributed by atoms with van der Waals surface area (Å²) < 4.78 is 49.6. The molecule has 0 saturated heterocycles. The van der Waals surface area contributed by atoms with Gasteiger partial charge in [0.25, 0.3) is 11.8 Å². The molecule has 16 heteroatoms. The highest BCUT2D eigenvalue weighted by Gasteiger charge is 2.57. The van der Waals surface area contributed by atoms with Crippen molar-refractivity contribution in [1.29, 1.82) is 0 Å². The number of carbonyl (C=O) groups is 3. The van der Waals surface area contributed by atoms with Crippen LogP contribution in [0.1, 0.15) is 37.7 Å². The molecule has 0 spiro atoms. The first kappa shape index (κ1) is 35.6. The molecule has 0 radical (unpaired) electrons. The zero-order valence-corrected chi connectivity index (χ0v) is 27.6. The van der Waals surface area contributed by atoms with E-state index >= 15 is 0 Å². The highest BCUT2D eigenvalue weighted by atomic mass is 35.5. The lowest BCUT2D eigenvalue weighted by atomic mass is 9.59. The number of fused-ring (bicyclic) bond motifs is 3. The van der Waals surface area contributed by atoms with Crippen molar-refractivity contribution in [3.05, 3.63) is 87.9 Å². The van der Waals surface area contributed by atoms with Crippen molar-refractivity contribution >= 4 is 49.6 Å². The van der Waals surface area contributed by atoms with Crippen molar-refractivity contribution in [3.63, 3.8) is 0 Å². The smallest absolute Gasteiger partial charge is 0.391 e. The number of hydrogen-bond acceptors (Lipinski definition) is 9. The lowest BCUT2D eigenvalue weighted by Crippen LogP contribution is -2.71. The summed E-state index contributed by atoms with van der Waals surface area (Å²) in [5, 5.41) is 5.78. The summed E-state index contributed by atoms with van der Waals surface area (Å²) >= 11 is 11.4. The summed E-state index contributed by atoms with van der Waals surface area (Å²) in [5.74, 6) is -2.78. The zero-order valence-electron chi connectivity index (χ0n) is 25.2. The van der Waals surface area contributed by atoms with Gasteiger partial charge in [0.15, 0.2) is 13.2 Å². The number of halogens is 4. The molecule has 0 aliphatic heterocycles. The molecule has 48 heavy (non-hydrogen) atoms. The normalized spacial score (nSPS) is 21.4. The first-order chi connectivity index (χ1) is 22.8. The van der Waals surface area contributed by atoms with Crippen molar-refractivity contribution < 1.29 is 51.7 Å². The number of carbonyl (C=O) groups excluding carboxylic acids is 3. The SMILES string of the molecule is O=C(COc1ccc(Cl)c(F)c1)NC12CCC(NC(=O)COc3ccc(Cl)c(F)c3)(CC1)C(OC(=O)Cc1ccccc1OP(O)O)C2. The fraction of sp³-hybridized carbons (Fsp3) is 0.344. The van der Waals surface area contributed by atoms with Crippen molar-refractivity contribution in [1.82, 2.24) is 10.6 Å². The molecule has 1 unspecified atom stereocenters. The highest BCUT2D eigenvalue weighted by Crippen LogP contribution is 2.48. The molecular formula is C32H31Cl2F2N2O9P. The Kier molecular flexibility index (Phi) is 11.3. The van der Waals surface area contributed by atoms with Crippen molar-refractivity contribution in [3.8, 4) is 17.2 Å². The number of nitrogens with one attached hydrogen (secondary N) is 2. The molecule has 6 rings (SSSR count). The standard InChI is InChI=1S/C32H31Cl2F2N2O9P/c33-22-7-5-20(14-24(22)35)44-17-28(39)37-31-9-11-32(12-10-31,38-29(40)18-45-21-6-8-23(34)25(36)15-21)27(16-31)46-30(41)13-19-3-1-2-4-26(19)47-48(42)43/h1-8,14-15,27,42-43H,9-13,16-18H2,(H,37,39)(H,38,40). The van der Waals surface area contributed by atoms with E-state index in [0.29, 0.717) is 31.2 Å². The third kappa shape index (κ3) is 8.83. The molecule has 0 aromatic heterocycles. The van der Waals surface area contributed by atoms with Crippen LogP contribution in [-0.2, 0) is 25.5 Å². The molecular weight excluding hydrogens is 696 g/mol. The van der Waals surface area contributed by atoms with Gasteiger partial charge in [0.2, 0.25) is 0 Å². The van der Waals surface area contributed by atoms with Gasteiger partial charge in [-0.25, -0.2) is 8.78 Å². The van der Waals surface area contributed by atoms with Crippen LogP contribution < -0.4 is 24.6 Å². The van der Waals surface area contributed by atoms with Crippen LogP contribution >= 0.6 is 31.8 Å². The van der Waals surface area contributed by atoms with Crippen molar-refractivity contribution in [2.75, 3.05) is 13.2 Å². The Morgan fingerprint density at radius 3 is 1.96 bits per heavy atom. The van der Waals surface area contributed by atoms with E-state index in [9.17, 15) is 33.0 Å². The van der Waals surface area contributed by atoms with Crippen LogP contribution in [0.25, 0.3) is 0 Å². The van der Waals surface area contributed by atoms with E-state index in [0.717, 1.165) is 12.1 Å². The second kappa shape index (κ2) is 15.2. The van der Waals surface area contributed by atoms with Crippen molar-refractivity contribution in [2.45, 2.75) is 55.7 Å². The fourth-order valence-electron chi connectivity index (χ4n) is 6.05. The van der Waals surface area contributed by atoms with Crippen LogP contribution in [0.3, 0.4) is 0 Å². The van der Waals surface area contributed by atoms with E-state index in [1.807, 2.05) is 0 Å². The van der Waals surface area contributed by atoms with Gasteiger partial charge < -0.3 is 39.2 Å². The third-order valence-electron chi connectivity index (χ3n) is 8.37. The molecule has 2 amide bonds. The Morgan fingerprint density at radius 2 is 1.40 bits per heavy atom. The van der Waals surface area contributed by atoms with E-state index in [4.69, 9.17) is 41.9 Å². The van der Waals surface area contributed by atoms with Crippen LogP contribution in [0, 0.1) is 11.6 Å². The minimum Gasteiger partial charge on any atom is -0.484 e. The number of benzene rings is 3. The molecule has 11 nitrogen and oxygen atoms in total. The first-order valence-electron chi connectivity index (χ1n) is 14.8. The molecule has 3 aromatic carbocycles. The van der Waals surface area contributed by atoms with E-state index in [-0.39, 0.29) is 40.1 Å². The summed E-state index contributed by atoms with van der Waals surface area (Å²) in [6.07, 6.45) is 0.495. The van der Waals surface area contributed by atoms with Gasteiger partial charge in [-0.2, -0.15) is 0 Å².